The van der Waals surface area contributed by atoms with Gasteiger partial charge in [0.05, 0.1) is 6.61 Å². The molecule has 0 spiro atoms. The molecule has 0 aliphatic rings. The van der Waals surface area contributed by atoms with E-state index in [2.05, 4.69) is 4.74 Å². The molecule has 0 bridgehead atoms. The third-order valence-electron chi connectivity index (χ3n) is 3.59. The van der Waals surface area contributed by atoms with Crippen LogP contribution in [0.2, 0.25) is 0 Å². The molecule has 0 saturated carbocycles. The van der Waals surface area contributed by atoms with E-state index in [1.54, 1.807) is 15.2 Å². The Morgan fingerprint density at radius 1 is 0.923 bits per heavy atom. The Kier molecular flexibility index (Phi) is 7.65. The predicted molar refractivity (Wildman–Crippen MR) is 90.6 cm³/mol. The second kappa shape index (κ2) is 9.25. The van der Waals surface area contributed by atoms with Crippen LogP contribution in [0.1, 0.15) is 22.8 Å². The Morgan fingerprint density at radius 2 is 1.38 bits per heavy atom. The molecule has 4 nitrogen and oxygen atoms in total. The number of ether oxygens (including phenoxy) is 1. The van der Waals surface area contributed by atoms with Gasteiger partial charge in [0.15, 0.2) is 5.78 Å². The van der Waals surface area contributed by atoms with Crippen molar-refractivity contribution in [2.24, 2.45) is 0 Å². The van der Waals surface area contributed by atoms with Crippen LogP contribution in [0.5, 0.6) is 0 Å². The van der Waals surface area contributed by atoms with Crippen LogP contribution in [0.25, 0.3) is 0 Å². The minimum atomic E-state index is -5.16. The summed E-state index contributed by atoms with van der Waals surface area (Å²) in [5.41, 5.74) is -4.08. The van der Waals surface area contributed by atoms with Crippen LogP contribution < -0.4 is 0 Å². The van der Waals surface area contributed by atoms with Crippen molar-refractivity contribution >= 4 is 20.9 Å². The van der Waals surface area contributed by atoms with Gasteiger partial charge in [-0.15, -0.1) is 0 Å². The molecular weight excluding hydrogens is 368 g/mol. The van der Waals surface area contributed by atoms with Gasteiger partial charge in [-0.25, -0.2) is 0 Å². The van der Waals surface area contributed by atoms with Crippen LogP contribution in [0, 0.1) is 0 Å². The van der Waals surface area contributed by atoms with Crippen molar-refractivity contribution in [3.63, 3.8) is 0 Å². The van der Waals surface area contributed by atoms with Gasteiger partial charge >= 0.3 is 12.1 Å². The first-order valence-electron chi connectivity index (χ1n) is 7.45. The average molecular weight is 384 g/mol. The minimum absolute atomic E-state index is 0.216. The fraction of sp³-hybridized carbons (Fsp3) is 0.222. The molecule has 2 aromatic rings. The average Bonchev–Trinajstić information content (AvgIpc) is 2.64. The van der Waals surface area contributed by atoms with Crippen molar-refractivity contribution in [1.29, 1.82) is 0 Å². The Hall–Kier alpha value is -2.53. The third kappa shape index (κ3) is 3.99. The van der Waals surface area contributed by atoms with E-state index in [4.69, 9.17) is 4.57 Å². The molecule has 8 heteroatoms. The first-order chi connectivity index (χ1) is 12.4. The van der Waals surface area contributed by atoms with Crippen LogP contribution >= 0.6 is 9.12 Å². The van der Waals surface area contributed by atoms with Crippen molar-refractivity contribution in [2.75, 3.05) is 6.61 Å². The molecule has 2 aromatic carbocycles. The summed E-state index contributed by atoms with van der Waals surface area (Å²) < 4.78 is 54.9. The lowest BCUT2D eigenvalue weighted by molar-refractivity contribution is -0.197. The summed E-state index contributed by atoms with van der Waals surface area (Å²) in [5, 5.41) is 0. The second-order valence-corrected chi connectivity index (χ2v) is 5.03. The van der Waals surface area contributed by atoms with Crippen LogP contribution in [0.4, 0.5) is 13.2 Å². The van der Waals surface area contributed by atoms with Gasteiger partial charge in [0, 0.05) is 5.56 Å². The van der Waals surface area contributed by atoms with Crippen molar-refractivity contribution in [3.8, 4) is 0 Å². The summed E-state index contributed by atoms with van der Waals surface area (Å²) in [7, 11) is 1.72. The monoisotopic (exact) mass is 384 g/mol. The largest absolute Gasteiger partial charge is 0.465 e. The molecule has 0 fully saturated rings. The smallest absolute Gasteiger partial charge is 0.416 e. The molecule has 0 aliphatic carbocycles. The van der Waals surface area contributed by atoms with E-state index in [1.807, 2.05) is 0 Å². The van der Waals surface area contributed by atoms with E-state index in [9.17, 15) is 22.8 Å². The van der Waals surface area contributed by atoms with Gasteiger partial charge in [-0.1, -0.05) is 60.7 Å². The van der Waals surface area contributed by atoms with E-state index in [1.165, 1.54) is 49.4 Å². The fourth-order valence-corrected chi connectivity index (χ4v) is 2.48. The van der Waals surface area contributed by atoms with Gasteiger partial charge in [-0.05, 0) is 12.5 Å². The molecule has 0 saturated heterocycles. The van der Waals surface area contributed by atoms with Crippen molar-refractivity contribution < 1.29 is 32.1 Å². The van der Waals surface area contributed by atoms with E-state index in [0.717, 1.165) is 12.1 Å². The van der Waals surface area contributed by atoms with Crippen LogP contribution in [0.15, 0.2) is 60.7 Å². The van der Waals surface area contributed by atoms with Crippen molar-refractivity contribution in [3.05, 3.63) is 71.8 Å². The maximum atomic E-state index is 14.0. The number of carbonyl (C=O) groups excluding carboxylic acids is 2. The molecule has 0 amide bonds. The van der Waals surface area contributed by atoms with E-state index >= 15 is 0 Å². The number of esters is 1. The zero-order chi connectivity index (χ0) is 19.8. The minimum Gasteiger partial charge on any atom is -0.465 e. The number of carbonyl (C=O) groups is 2. The first kappa shape index (κ1) is 21.5. The molecular formula is C18H16F3O4P. The summed E-state index contributed by atoms with van der Waals surface area (Å²) in [6.45, 7) is 1.11. The highest BCUT2D eigenvalue weighted by atomic mass is 31.0. The number of Topliss-reactive ketones (excluding diaryl/α,β-unsaturated/α-hetero) is 1. The van der Waals surface area contributed by atoms with Crippen molar-refractivity contribution in [2.45, 2.75) is 18.5 Å². The fourth-order valence-electron chi connectivity index (χ4n) is 2.48. The first-order valence-corrected chi connectivity index (χ1v) is 7.86. The van der Waals surface area contributed by atoms with Crippen LogP contribution in [-0.2, 0) is 19.5 Å². The summed E-state index contributed by atoms with van der Waals surface area (Å²) in [5.74, 6) is -2.99. The van der Waals surface area contributed by atoms with Gasteiger partial charge in [-0.2, -0.15) is 13.2 Å². The van der Waals surface area contributed by atoms with Gasteiger partial charge in [0.1, 0.15) is 9.12 Å². The van der Waals surface area contributed by atoms with Crippen LogP contribution in [0.3, 0.4) is 0 Å². The zero-order valence-electron chi connectivity index (χ0n) is 13.7. The molecule has 1 atom stereocenters. The summed E-state index contributed by atoms with van der Waals surface area (Å²) in [6.07, 6.45) is -5.16. The molecule has 0 heterocycles. The molecule has 0 radical (unpaired) electrons. The number of hydrogen-bond donors (Lipinski definition) is 0. The van der Waals surface area contributed by atoms with Crippen LogP contribution in [-0.4, -0.2) is 24.5 Å². The maximum absolute atomic E-state index is 14.0. The quantitative estimate of drug-likeness (QED) is 0.332. The highest BCUT2D eigenvalue weighted by Gasteiger charge is 2.67. The maximum Gasteiger partial charge on any atom is 0.416 e. The van der Waals surface area contributed by atoms with Gasteiger partial charge in [0.2, 0.25) is 5.41 Å². The Morgan fingerprint density at radius 3 is 1.81 bits per heavy atom. The van der Waals surface area contributed by atoms with Crippen molar-refractivity contribution in [1.82, 2.24) is 0 Å². The number of ketones is 1. The third-order valence-corrected chi connectivity index (χ3v) is 3.59. The summed E-state index contributed by atoms with van der Waals surface area (Å²) in [4.78, 5) is 25.2. The molecule has 0 aromatic heterocycles. The van der Waals surface area contributed by atoms with Gasteiger partial charge in [-0.3, -0.25) is 14.2 Å². The van der Waals surface area contributed by atoms with Gasteiger partial charge in [0.25, 0.3) is 0 Å². The lowest BCUT2D eigenvalue weighted by atomic mass is 9.73. The number of hydrogen-bond acceptors (Lipinski definition) is 4. The normalized spacial score (nSPS) is 12.9. The number of rotatable bonds is 5. The number of benzene rings is 2. The van der Waals surface area contributed by atoms with Gasteiger partial charge < -0.3 is 4.74 Å². The molecule has 0 N–H and O–H groups in total. The summed E-state index contributed by atoms with van der Waals surface area (Å²) in [6, 6.07) is 13.3. The molecule has 138 valence electrons. The molecule has 1 unspecified atom stereocenters. The zero-order valence-corrected chi connectivity index (χ0v) is 14.7. The Labute approximate surface area is 150 Å². The predicted octanol–water partition coefficient (Wildman–Crippen LogP) is 4.41. The standard InChI is InChI=1S/C18H15F3O3.HOP/c1-2-24-16(23)17(18(19,20)21,14-11-7-4-8-12-14)15(22)13-9-5-3-6-10-13;1-2/h3-12H,2H2,1H3;2H. The number of halogens is 3. The van der Waals surface area contributed by atoms with E-state index in [-0.39, 0.29) is 12.2 Å². The highest BCUT2D eigenvalue weighted by Crippen LogP contribution is 2.44. The summed E-state index contributed by atoms with van der Waals surface area (Å²) >= 11 is 0. The molecule has 2 rings (SSSR count). The molecule has 26 heavy (non-hydrogen) atoms. The van der Waals surface area contributed by atoms with E-state index < -0.39 is 28.9 Å². The Bertz CT molecular complexity index is 735. The lowest BCUT2D eigenvalue weighted by Crippen LogP contribution is -2.56. The SMILES string of the molecule is CCOC(=O)C(C(=O)c1ccccc1)(c1ccccc1)C(F)(F)F.O=P. The number of alkyl halides is 3. The Balaban J connectivity index is 0.00000163. The molecule has 0 aliphatic heterocycles. The van der Waals surface area contributed by atoms with E-state index in [0.29, 0.717) is 0 Å². The highest BCUT2D eigenvalue weighted by molar-refractivity contribution is 7.00. The second-order valence-electron chi connectivity index (χ2n) is 5.03. The topological polar surface area (TPSA) is 60.4 Å². The lowest BCUT2D eigenvalue weighted by Gasteiger charge is -2.32.